The number of aliphatic hydroxyl groups is 2. The molecule has 1 aromatic carbocycles. The van der Waals surface area contributed by atoms with Crippen LogP contribution in [-0.4, -0.2) is 25.9 Å². The van der Waals surface area contributed by atoms with Crippen LogP contribution >= 0.6 is 0 Å². The molecule has 0 amide bonds. The molecule has 0 bridgehead atoms. The molecule has 0 aliphatic heterocycles. The molecule has 2 heterocycles. The van der Waals surface area contributed by atoms with Crippen molar-refractivity contribution in [2.24, 2.45) is 0 Å². The molecule has 6 heteroatoms. The minimum absolute atomic E-state index is 0.0163. The lowest BCUT2D eigenvalue weighted by molar-refractivity contribution is -0.0435. The van der Waals surface area contributed by atoms with Gasteiger partial charge in [0, 0.05) is 31.6 Å². The van der Waals surface area contributed by atoms with Crippen LogP contribution in [0.2, 0.25) is 0 Å². The molecule has 134 valence electrons. The quantitative estimate of drug-likeness (QED) is 0.701. The molecule has 0 radical (unpaired) electrons. The van der Waals surface area contributed by atoms with Crippen LogP contribution in [0.25, 0.3) is 10.9 Å². The fourth-order valence-corrected chi connectivity index (χ4v) is 3.57. The third-order valence-electron chi connectivity index (χ3n) is 4.89. The number of hydrogen-bond donors (Lipinski definition) is 2. The van der Waals surface area contributed by atoms with Gasteiger partial charge in [0.25, 0.3) is 0 Å². The zero-order chi connectivity index (χ0) is 18.3. The predicted molar refractivity (Wildman–Crippen MR) is 97.1 cm³/mol. The summed E-state index contributed by atoms with van der Waals surface area (Å²) in [5, 5.41) is 19.3. The molecule has 0 fully saturated rings. The monoisotopic (exact) mass is 352 g/mol. The summed E-state index contributed by atoms with van der Waals surface area (Å²) in [7, 11) is 0. The number of aromatic nitrogens is 2. The molecule has 0 saturated carbocycles. The molecular weight excluding hydrogens is 332 g/mol. The van der Waals surface area contributed by atoms with Crippen molar-refractivity contribution >= 4 is 10.9 Å². The zero-order valence-electron chi connectivity index (χ0n) is 14.4. The molecule has 6 nitrogen and oxygen atoms in total. The maximum Gasteiger partial charge on any atom is 0.214 e. The molecular formula is C20H20N2O4. The molecule has 1 aliphatic carbocycles. The summed E-state index contributed by atoms with van der Waals surface area (Å²) in [6.07, 6.45) is 2.86. The first-order valence-corrected chi connectivity index (χ1v) is 8.69. The number of pyridine rings is 2. The van der Waals surface area contributed by atoms with E-state index in [1.54, 1.807) is 16.8 Å². The Balaban J connectivity index is 1.69. The van der Waals surface area contributed by atoms with Crippen molar-refractivity contribution in [1.29, 1.82) is 0 Å². The zero-order valence-corrected chi connectivity index (χ0v) is 14.4. The first kappa shape index (κ1) is 16.8. The fourth-order valence-electron chi connectivity index (χ4n) is 3.57. The van der Waals surface area contributed by atoms with Crippen molar-refractivity contribution in [3.05, 3.63) is 69.6 Å². The normalized spacial score (nSPS) is 14.2. The van der Waals surface area contributed by atoms with Crippen LogP contribution in [0, 0.1) is 0 Å². The molecule has 4 rings (SSSR count). The Bertz CT molecular complexity index is 1000. The Morgan fingerprint density at radius 3 is 2.58 bits per heavy atom. The van der Waals surface area contributed by atoms with Crippen LogP contribution in [0.15, 0.2) is 47.5 Å². The van der Waals surface area contributed by atoms with E-state index >= 15 is 0 Å². The van der Waals surface area contributed by atoms with E-state index in [-0.39, 0.29) is 11.7 Å². The van der Waals surface area contributed by atoms with Crippen LogP contribution in [0.5, 0.6) is 5.88 Å². The van der Waals surface area contributed by atoms with E-state index in [1.165, 1.54) is 17.3 Å². The van der Waals surface area contributed by atoms with E-state index < -0.39 is 11.7 Å². The molecule has 2 aromatic heterocycles. The molecule has 2 N–H and O–H groups in total. The summed E-state index contributed by atoms with van der Waals surface area (Å²) >= 11 is 0. The summed E-state index contributed by atoms with van der Waals surface area (Å²) < 4.78 is 7.78. The SMILES string of the molecule is CCn1cc(C(O)O)c(=O)c2cc(OC3Cc4ccccc4C3)ncc21. The maximum atomic E-state index is 12.6. The molecule has 0 atom stereocenters. The van der Waals surface area contributed by atoms with E-state index in [9.17, 15) is 15.0 Å². The van der Waals surface area contributed by atoms with Crippen molar-refractivity contribution in [2.45, 2.75) is 38.7 Å². The van der Waals surface area contributed by atoms with Crippen molar-refractivity contribution in [2.75, 3.05) is 0 Å². The predicted octanol–water partition coefficient (Wildman–Crippen LogP) is 1.95. The highest BCUT2D eigenvalue weighted by molar-refractivity contribution is 5.79. The Labute approximate surface area is 150 Å². The summed E-state index contributed by atoms with van der Waals surface area (Å²) in [5.41, 5.74) is 2.73. The van der Waals surface area contributed by atoms with Gasteiger partial charge in [-0.3, -0.25) is 4.79 Å². The summed E-state index contributed by atoms with van der Waals surface area (Å²) in [6.45, 7) is 2.49. The van der Waals surface area contributed by atoms with Gasteiger partial charge in [0.2, 0.25) is 5.88 Å². The number of hydrogen-bond acceptors (Lipinski definition) is 5. The summed E-state index contributed by atoms with van der Waals surface area (Å²) in [5.74, 6) is 0.375. The number of nitrogens with zero attached hydrogens (tertiary/aromatic N) is 2. The van der Waals surface area contributed by atoms with Crippen LogP contribution in [0.3, 0.4) is 0 Å². The highest BCUT2D eigenvalue weighted by Crippen LogP contribution is 2.26. The molecule has 0 saturated heterocycles. The topological polar surface area (TPSA) is 84.6 Å². The van der Waals surface area contributed by atoms with E-state index in [4.69, 9.17) is 4.74 Å². The van der Waals surface area contributed by atoms with E-state index in [0.717, 1.165) is 12.8 Å². The van der Waals surface area contributed by atoms with Gasteiger partial charge in [0.15, 0.2) is 11.7 Å². The van der Waals surface area contributed by atoms with Crippen LogP contribution < -0.4 is 10.2 Å². The van der Waals surface area contributed by atoms with Gasteiger partial charge in [-0.25, -0.2) is 4.98 Å². The number of fused-ring (bicyclic) bond motifs is 2. The second-order valence-corrected chi connectivity index (χ2v) is 6.53. The Morgan fingerprint density at radius 2 is 1.96 bits per heavy atom. The Hall–Kier alpha value is -2.70. The van der Waals surface area contributed by atoms with Gasteiger partial charge in [-0.05, 0) is 18.1 Å². The van der Waals surface area contributed by atoms with Gasteiger partial charge in [0.05, 0.1) is 22.7 Å². The third-order valence-corrected chi connectivity index (χ3v) is 4.89. The Morgan fingerprint density at radius 1 is 1.27 bits per heavy atom. The second-order valence-electron chi connectivity index (χ2n) is 6.53. The lowest BCUT2D eigenvalue weighted by Gasteiger charge is -2.15. The number of rotatable bonds is 4. The van der Waals surface area contributed by atoms with Crippen LogP contribution in [0.4, 0.5) is 0 Å². The third kappa shape index (κ3) is 2.87. The highest BCUT2D eigenvalue weighted by atomic mass is 16.5. The van der Waals surface area contributed by atoms with Crippen LogP contribution in [-0.2, 0) is 19.4 Å². The molecule has 0 spiro atoms. The second kappa shape index (κ2) is 6.55. The maximum absolute atomic E-state index is 12.6. The van der Waals surface area contributed by atoms with Gasteiger partial charge in [-0.15, -0.1) is 0 Å². The highest BCUT2D eigenvalue weighted by Gasteiger charge is 2.23. The lowest BCUT2D eigenvalue weighted by Crippen LogP contribution is -2.19. The number of ether oxygens (including phenoxy) is 1. The van der Waals surface area contributed by atoms with Crippen molar-refractivity contribution < 1.29 is 14.9 Å². The van der Waals surface area contributed by atoms with E-state index in [1.807, 2.05) is 19.1 Å². The molecule has 26 heavy (non-hydrogen) atoms. The molecule has 3 aromatic rings. The number of aryl methyl sites for hydroxylation is 1. The molecule has 0 unspecified atom stereocenters. The van der Waals surface area contributed by atoms with Gasteiger partial charge in [0.1, 0.15) is 6.10 Å². The van der Waals surface area contributed by atoms with Gasteiger partial charge in [-0.1, -0.05) is 24.3 Å². The Kier molecular flexibility index (Phi) is 4.22. The first-order valence-electron chi connectivity index (χ1n) is 8.69. The smallest absolute Gasteiger partial charge is 0.214 e. The lowest BCUT2D eigenvalue weighted by atomic mass is 10.1. The van der Waals surface area contributed by atoms with E-state index in [2.05, 4.69) is 17.1 Å². The number of benzene rings is 1. The van der Waals surface area contributed by atoms with Crippen molar-refractivity contribution in [3.63, 3.8) is 0 Å². The average molecular weight is 352 g/mol. The van der Waals surface area contributed by atoms with Crippen molar-refractivity contribution in [1.82, 2.24) is 9.55 Å². The summed E-state index contributed by atoms with van der Waals surface area (Å²) in [6, 6.07) is 9.83. The van der Waals surface area contributed by atoms with Gasteiger partial charge in [-0.2, -0.15) is 0 Å². The van der Waals surface area contributed by atoms with Crippen molar-refractivity contribution in [3.8, 4) is 5.88 Å². The number of aliphatic hydroxyl groups excluding tert-OH is 1. The average Bonchev–Trinajstić information content (AvgIpc) is 3.04. The van der Waals surface area contributed by atoms with Gasteiger partial charge < -0.3 is 19.5 Å². The van der Waals surface area contributed by atoms with Crippen LogP contribution in [0.1, 0.15) is 29.9 Å². The minimum Gasteiger partial charge on any atom is -0.474 e. The van der Waals surface area contributed by atoms with Gasteiger partial charge >= 0.3 is 0 Å². The standard InChI is InChI=1S/C20H20N2O4/c1-2-22-11-16(20(24)25)19(23)15-9-18(21-10-17(15)22)26-14-7-12-5-3-4-6-13(12)8-14/h3-6,9-11,14,20,24-25H,2,7-8H2,1H3. The summed E-state index contributed by atoms with van der Waals surface area (Å²) in [4.78, 5) is 16.9. The van der Waals surface area contributed by atoms with E-state index in [0.29, 0.717) is 23.3 Å². The fraction of sp³-hybridized carbons (Fsp3) is 0.300. The molecule has 1 aliphatic rings. The minimum atomic E-state index is -1.81. The first-order chi connectivity index (χ1) is 12.6. The largest absolute Gasteiger partial charge is 0.474 e.